The third kappa shape index (κ3) is 39.2. The second-order valence-corrected chi connectivity index (χ2v) is 15.5. The first kappa shape index (κ1) is 55.0. The highest BCUT2D eigenvalue weighted by molar-refractivity contribution is 5.70. The Hall–Kier alpha value is -4.01. The van der Waals surface area contributed by atoms with Gasteiger partial charge in [-0.3, -0.25) is 9.59 Å². The van der Waals surface area contributed by atoms with Crippen LogP contribution in [0.15, 0.2) is 109 Å². The number of ether oxygens (including phenoxy) is 3. The molecule has 8 heteroatoms. The molecule has 0 bridgehead atoms. The van der Waals surface area contributed by atoms with E-state index in [1.165, 1.54) is 0 Å². The quantitative estimate of drug-likeness (QED) is 0.0264. The van der Waals surface area contributed by atoms with Gasteiger partial charge in [0.25, 0.3) is 0 Å². The van der Waals surface area contributed by atoms with E-state index in [2.05, 4.69) is 123 Å². The SMILES string of the molecule is CC/C=C/C/C=C/C/C=C/C/C=C/C/C=C/C/C=C/CCCCC(=O)OC(COCCC(C(=O)[O-])[N+](C)(C)C)COC(=O)CCCCCC/C=C/C/C=C/C/C=C/CC. The number of aliphatic carboxylic acids is 1. The number of carboxylic acids is 1. The average molecular weight is 820 g/mol. The van der Waals surface area contributed by atoms with Gasteiger partial charge in [-0.05, 0) is 96.3 Å². The van der Waals surface area contributed by atoms with Crippen molar-refractivity contribution in [3.63, 3.8) is 0 Å². The molecule has 59 heavy (non-hydrogen) atoms. The molecule has 0 radical (unpaired) electrons. The van der Waals surface area contributed by atoms with E-state index < -0.39 is 18.1 Å². The van der Waals surface area contributed by atoms with E-state index in [9.17, 15) is 19.5 Å². The maximum atomic E-state index is 12.7. The van der Waals surface area contributed by atoms with Crippen molar-refractivity contribution in [1.82, 2.24) is 0 Å². The third-order valence-corrected chi connectivity index (χ3v) is 9.15. The number of esters is 2. The number of carbonyl (C=O) groups is 3. The minimum Gasteiger partial charge on any atom is -0.544 e. The second-order valence-electron chi connectivity index (χ2n) is 15.5. The Morgan fingerprint density at radius 3 is 1.34 bits per heavy atom. The molecule has 0 amide bonds. The maximum Gasteiger partial charge on any atom is 0.306 e. The topological polar surface area (TPSA) is 102 Å². The van der Waals surface area contributed by atoms with Crippen LogP contribution >= 0.6 is 0 Å². The normalized spacial score (nSPS) is 14.0. The van der Waals surface area contributed by atoms with Gasteiger partial charge in [0.05, 0.1) is 40.3 Å². The molecular weight excluding hydrogens is 739 g/mol. The molecule has 0 aromatic heterocycles. The van der Waals surface area contributed by atoms with Crippen molar-refractivity contribution in [2.75, 3.05) is 41.0 Å². The summed E-state index contributed by atoms with van der Waals surface area (Å²) in [7, 11) is 5.37. The highest BCUT2D eigenvalue weighted by Crippen LogP contribution is 2.11. The number of hydrogen-bond donors (Lipinski definition) is 0. The lowest BCUT2D eigenvalue weighted by Crippen LogP contribution is -2.55. The van der Waals surface area contributed by atoms with Crippen LogP contribution in [0.1, 0.15) is 142 Å². The summed E-state index contributed by atoms with van der Waals surface area (Å²) in [5, 5.41) is 11.6. The number of hydrogen-bond acceptors (Lipinski definition) is 7. The van der Waals surface area contributed by atoms with E-state index in [-0.39, 0.29) is 49.1 Å². The molecule has 0 rings (SSSR count). The van der Waals surface area contributed by atoms with Crippen molar-refractivity contribution in [2.45, 2.75) is 154 Å². The Kier molecular flexibility index (Phi) is 38.0. The summed E-state index contributed by atoms with van der Waals surface area (Å²) in [4.78, 5) is 36.9. The van der Waals surface area contributed by atoms with Crippen molar-refractivity contribution >= 4 is 17.9 Å². The molecule has 0 spiro atoms. The molecule has 2 atom stereocenters. The molecule has 332 valence electrons. The average Bonchev–Trinajstić information content (AvgIpc) is 3.19. The van der Waals surface area contributed by atoms with Crippen LogP contribution in [0.5, 0.6) is 0 Å². The van der Waals surface area contributed by atoms with Gasteiger partial charge in [0.15, 0.2) is 6.10 Å². The zero-order valence-electron chi connectivity index (χ0n) is 37.6. The molecule has 2 unspecified atom stereocenters. The van der Waals surface area contributed by atoms with Gasteiger partial charge < -0.3 is 28.6 Å². The third-order valence-electron chi connectivity index (χ3n) is 9.15. The molecule has 0 aliphatic rings. The lowest BCUT2D eigenvalue weighted by molar-refractivity contribution is -0.889. The fourth-order valence-corrected chi connectivity index (χ4v) is 5.73. The zero-order chi connectivity index (χ0) is 43.5. The molecule has 0 N–H and O–H groups in total. The fourth-order valence-electron chi connectivity index (χ4n) is 5.73. The summed E-state index contributed by atoms with van der Waals surface area (Å²) in [6.45, 7) is 4.33. The first-order valence-corrected chi connectivity index (χ1v) is 22.4. The number of rotatable bonds is 38. The number of unbranched alkanes of at least 4 members (excludes halogenated alkanes) is 6. The Labute approximate surface area is 359 Å². The van der Waals surface area contributed by atoms with E-state index in [1.54, 1.807) is 21.1 Å². The highest BCUT2D eigenvalue weighted by atomic mass is 16.6. The zero-order valence-corrected chi connectivity index (χ0v) is 37.6. The molecule has 0 fully saturated rings. The standard InChI is InChI=1S/C51H81NO7/c1-6-8-10-12-14-16-18-20-22-23-24-25-26-27-28-30-32-34-36-38-40-42-50(54)59-47(45-57-44-43-48(51(55)56)52(3,4)5)46-58-49(53)41-39-37-35-33-31-29-21-19-17-15-13-11-9-7-2/h8-11,14-17,20-22,24-25,27-29,32,34,47-48H,6-7,12-13,18-19,23,26,30-31,33,35-46H2,1-5H3/b10-8+,11-9+,16-14+,17-15+,22-20+,25-24+,28-27+,29-21+,34-32+. The van der Waals surface area contributed by atoms with E-state index in [1.807, 2.05) is 0 Å². The second kappa shape index (κ2) is 40.8. The van der Waals surface area contributed by atoms with Gasteiger partial charge in [-0.1, -0.05) is 136 Å². The Bertz CT molecular complexity index is 1330. The molecule has 0 saturated carbocycles. The van der Waals surface area contributed by atoms with Crippen LogP contribution in [0, 0.1) is 0 Å². The van der Waals surface area contributed by atoms with Crippen LogP contribution in [0.3, 0.4) is 0 Å². The van der Waals surface area contributed by atoms with Crippen LogP contribution < -0.4 is 5.11 Å². The minimum absolute atomic E-state index is 0.00762. The summed E-state index contributed by atoms with van der Waals surface area (Å²) in [5.74, 6) is -1.84. The number of carboxylic acid groups (broad SMARTS) is 1. The van der Waals surface area contributed by atoms with E-state index in [0.717, 1.165) is 103 Å². The number of allylic oxidation sites excluding steroid dienone is 18. The maximum absolute atomic E-state index is 12.7. The smallest absolute Gasteiger partial charge is 0.306 e. The summed E-state index contributed by atoms with van der Waals surface area (Å²) in [6.07, 6.45) is 55.5. The molecule has 0 aliphatic carbocycles. The predicted molar refractivity (Wildman–Crippen MR) is 244 cm³/mol. The van der Waals surface area contributed by atoms with Crippen LogP contribution in [-0.2, 0) is 28.6 Å². The number of likely N-dealkylation sites (N-methyl/N-ethyl adjacent to an activating group) is 1. The van der Waals surface area contributed by atoms with Crippen molar-refractivity contribution < 1.29 is 38.2 Å². The molecule has 0 aromatic carbocycles. The summed E-state index contributed by atoms with van der Waals surface area (Å²) in [5.41, 5.74) is 0. The Balaban J connectivity index is 4.48. The van der Waals surface area contributed by atoms with Gasteiger partial charge >= 0.3 is 11.9 Å². The van der Waals surface area contributed by atoms with Crippen LogP contribution in [0.4, 0.5) is 0 Å². The number of nitrogens with zero attached hydrogens (tertiary/aromatic N) is 1. The molecule has 0 heterocycles. The van der Waals surface area contributed by atoms with Crippen molar-refractivity contribution in [1.29, 1.82) is 0 Å². The molecular formula is C51H81NO7. The first-order valence-electron chi connectivity index (χ1n) is 22.4. The van der Waals surface area contributed by atoms with Gasteiger partial charge in [0, 0.05) is 19.3 Å². The molecule has 8 nitrogen and oxygen atoms in total. The van der Waals surface area contributed by atoms with E-state index in [4.69, 9.17) is 14.2 Å². The predicted octanol–water partition coefficient (Wildman–Crippen LogP) is 11.1. The molecule has 0 saturated heterocycles. The minimum atomic E-state index is -1.14. The Morgan fingerprint density at radius 2 is 0.898 bits per heavy atom. The monoisotopic (exact) mass is 820 g/mol. The van der Waals surface area contributed by atoms with Gasteiger partial charge in [0.2, 0.25) is 0 Å². The van der Waals surface area contributed by atoms with E-state index in [0.29, 0.717) is 12.8 Å². The van der Waals surface area contributed by atoms with Crippen molar-refractivity contribution in [3.05, 3.63) is 109 Å². The van der Waals surface area contributed by atoms with Gasteiger partial charge in [-0.2, -0.15) is 0 Å². The van der Waals surface area contributed by atoms with Crippen LogP contribution in [0.25, 0.3) is 0 Å². The number of quaternary nitrogens is 1. The lowest BCUT2D eigenvalue weighted by atomic mass is 10.1. The molecule has 0 aromatic rings. The summed E-state index contributed by atoms with van der Waals surface area (Å²) >= 11 is 0. The highest BCUT2D eigenvalue weighted by Gasteiger charge is 2.25. The van der Waals surface area contributed by atoms with Crippen molar-refractivity contribution in [3.8, 4) is 0 Å². The Morgan fingerprint density at radius 1 is 0.508 bits per heavy atom. The largest absolute Gasteiger partial charge is 0.544 e. The van der Waals surface area contributed by atoms with Gasteiger partial charge in [-0.25, -0.2) is 0 Å². The summed E-state index contributed by atoms with van der Waals surface area (Å²) in [6, 6.07) is -0.744. The lowest BCUT2D eigenvalue weighted by Gasteiger charge is -2.34. The summed E-state index contributed by atoms with van der Waals surface area (Å²) < 4.78 is 17.1. The van der Waals surface area contributed by atoms with Crippen LogP contribution in [0.2, 0.25) is 0 Å². The number of carbonyl (C=O) groups excluding carboxylic acids is 3. The first-order chi connectivity index (χ1) is 28.6. The fraction of sp³-hybridized carbons (Fsp3) is 0.588. The molecule has 0 aliphatic heterocycles. The van der Waals surface area contributed by atoms with Crippen molar-refractivity contribution in [2.24, 2.45) is 0 Å². The van der Waals surface area contributed by atoms with Crippen LogP contribution in [-0.4, -0.2) is 75.5 Å². The van der Waals surface area contributed by atoms with Gasteiger partial charge in [-0.15, -0.1) is 0 Å². The van der Waals surface area contributed by atoms with E-state index >= 15 is 0 Å². The van der Waals surface area contributed by atoms with Gasteiger partial charge in [0.1, 0.15) is 12.6 Å².